The molecular formula is C27H31NO5. The van der Waals surface area contributed by atoms with Crippen LogP contribution in [-0.4, -0.2) is 40.0 Å². The third kappa shape index (κ3) is 4.10. The lowest BCUT2D eigenvalue weighted by atomic mass is 9.85. The quantitative estimate of drug-likeness (QED) is 0.387. The molecule has 174 valence electrons. The normalized spacial score (nSPS) is 21.1. The number of hydrogen-bond donors (Lipinski definition) is 2. The second kappa shape index (κ2) is 8.58. The topological polar surface area (TPSA) is 87.1 Å². The molecule has 33 heavy (non-hydrogen) atoms. The van der Waals surface area contributed by atoms with Crippen LogP contribution in [0.25, 0.3) is 5.76 Å². The summed E-state index contributed by atoms with van der Waals surface area (Å²) in [6.07, 6.45) is 3.64. The number of amides is 1. The van der Waals surface area contributed by atoms with Crippen molar-refractivity contribution in [2.24, 2.45) is 0 Å². The van der Waals surface area contributed by atoms with Crippen LogP contribution in [0, 0.1) is 0 Å². The van der Waals surface area contributed by atoms with Crippen LogP contribution in [0.5, 0.6) is 11.5 Å². The zero-order valence-electron chi connectivity index (χ0n) is 19.6. The Balaban J connectivity index is 1.94. The number of hydrogen-bond acceptors (Lipinski definition) is 5. The van der Waals surface area contributed by atoms with Crippen LogP contribution in [0.15, 0.2) is 48.0 Å². The number of phenols is 1. The molecule has 0 bridgehead atoms. The van der Waals surface area contributed by atoms with Gasteiger partial charge in [0.1, 0.15) is 17.3 Å². The molecule has 1 saturated heterocycles. The van der Waals surface area contributed by atoms with Crippen molar-refractivity contribution in [3.8, 4) is 11.5 Å². The van der Waals surface area contributed by atoms with E-state index in [1.807, 2.05) is 12.1 Å². The number of rotatable bonds is 4. The van der Waals surface area contributed by atoms with Gasteiger partial charge in [0.05, 0.1) is 24.3 Å². The molecule has 0 radical (unpaired) electrons. The lowest BCUT2D eigenvalue weighted by molar-refractivity contribution is -0.141. The number of methoxy groups -OCH3 is 1. The van der Waals surface area contributed by atoms with E-state index in [-0.39, 0.29) is 28.5 Å². The standard InChI is InChI=1S/C27H31NO5/c1-27(2,3)17-11-14-21(33-4)20(15-17)24(30)22-23(16-9-12-19(29)13-10-16)28(26(32)25(22)31)18-7-5-6-8-18/h9-15,18,23,29-30H,5-8H2,1-4H3/b24-22+. The number of aromatic hydroxyl groups is 1. The van der Waals surface area contributed by atoms with Gasteiger partial charge in [-0.2, -0.15) is 0 Å². The monoisotopic (exact) mass is 449 g/mol. The van der Waals surface area contributed by atoms with Crippen molar-refractivity contribution in [2.75, 3.05) is 7.11 Å². The predicted octanol–water partition coefficient (Wildman–Crippen LogP) is 5.06. The third-order valence-corrected chi connectivity index (χ3v) is 6.73. The Hall–Kier alpha value is -3.28. The number of phenolic OH excluding ortho intramolecular Hbond substituents is 1. The maximum absolute atomic E-state index is 13.3. The first-order valence-corrected chi connectivity index (χ1v) is 11.4. The van der Waals surface area contributed by atoms with Crippen LogP contribution in [-0.2, 0) is 15.0 Å². The zero-order valence-corrected chi connectivity index (χ0v) is 19.6. The van der Waals surface area contributed by atoms with Gasteiger partial charge < -0.3 is 19.8 Å². The predicted molar refractivity (Wildman–Crippen MR) is 126 cm³/mol. The number of nitrogens with zero attached hydrogens (tertiary/aromatic N) is 1. The number of carbonyl (C=O) groups excluding carboxylic acids is 2. The average Bonchev–Trinajstić information content (AvgIpc) is 3.39. The van der Waals surface area contributed by atoms with E-state index in [1.165, 1.54) is 19.2 Å². The van der Waals surface area contributed by atoms with Crippen molar-refractivity contribution in [3.63, 3.8) is 0 Å². The van der Waals surface area contributed by atoms with Crippen LogP contribution in [0.1, 0.15) is 69.2 Å². The van der Waals surface area contributed by atoms with Gasteiger partial charge >= 0.3 is 0 Å². The molecule has 4 rings (SSSR count). The summed E-state index contributed by atoms with van der Waals surface area (Å²) in [6.45, 7) is 6.19. The van der Waals surface area contributed by atoms with Crippen molar-refractivity contribution < 1.29 is 24.5 Å². The molecule has 0 aromatic heterocycles. The SMILES string of the molecule is COc1ccc(C(C)(C)C)cc1/C(O)=C1\C(=O)C(=O)N(C2CCCC2)C1c1ccc(O)cc1. The lowest BCUT2D eigenvalue weighted by Crippen LogP contribution is -2.37. The molecule has 1 aliphatic heterocycles. The minimum atomic E-state index is -0.725. The van der Waals surface area contributed by atoms with Crippen LogP contribution in [0.3, 0.4) is 0 Å². The van der Waals surface area contributed by atoms with Crippen molar-refractivity contribution in [1.29, 1.82) is 0 Å². The Morgan fingerprint density at radius 3 is 2.24 bits per heavy atom. The van der Waals surface area contributed by atoms with E-state index in [0.717, 1.165) is 31.2 Å². The summed E-state index contributed by atoms with van der Waals surface area (Å²) >= 11 is 0. The van der Waals surface area contributed by atoms with E-state index in [0.29, 0.717) is 16.9 Å². The number of carbonyl (C=O) groups is 2. The van der Waals surface area contributed by atoms with Crippen molar-refractivity contribution in [1.82, 2.24) is 4.90 Å². The molecule has 1 atom stereocenters. The Morgan fingerprint density at radius 1 is 1.03 bits per heavy atom. The van der Waals surface area contributed by atoms with E-state index in [9.17, 15) is 19.8 Å². The van der Waals surface area contributed by atoms with Gasteiger partial charge in [-0.3, -0.25) is 9.59 Å². The van der Waals surface area contributed by atoms with Gasteiger partial charge in [0.25, 0.3) is 11.7 Å². The van der Waals surface area contributed by atoms with Crippen LogP contribution in [0.4, 0.5) is 0 Å². The molecule has 6 heteroatoms. The van der Waals surface area contributed by atoms with Crippen molar-refractivity contribution in [3.05, 3.63) is 64.7 Å². The van der Waals surface area contributed by atoms with Crippen molar-refractivity contribution in [2.45, 2.75) is 64.0 Å². The highest BCUT2D eigenvalue weighted by Gasteiger charge is 2.49. The van der Waals surface area contributed by atoms with Gasteiger partial charge in [-0.25, -0.2) is 0 Å². The number of aliphatic hydroxyl groups is 1. The van der Waals surface area contributed by atoms with Gasteiger partial charge in [0, 0.05) is 6.04 Å². The molecule has 1 amide bonds. The van der Waals surface area contributed by atoms with E-state index >= 15 is 0 Å². The van der Waals surface area contributed by atoms with Crippen molar-refractivity contribution >= 4 is 17.4 Å². The van der Waals surface area contributed by atoms with Crippen LogP contribution in [0.2, 0.25) is 0 Å². The molecule has 6 nitrogen and oxygen atoms in total. The molecule has 2 fully saturated rings. The maximum Gasteiger partial charge on any atom is 0.295 e. The summed E-state index contributed by atoms with van der Waals surface area (Å²) in [5.41, 5.74) is 1.90. The van der Waals surface area contributed by atoms with Gasteiger partial charge in [-0.15, -0.1) is 0 Å². The Labute approximate surface area is 194 Å². The second-order valence-electron chi connectivity index (χ2n) is 9.90. The summed E-state index contributed by atoms with van der Waals surface area (Å²) in [5.74, 6) is -1.00. The fourth-order valence-electron chi connectivity index (χ4n) is 4.90. The Morgan fingerprint density at radius 2 is 1.67 bits per heavy atom. The Bertz CT molecular complexity index is 1100. The molecule has 2 aliphatic rings. The van der Waals surface area contributed by atoms with Crippen LogP contribution < -0.4 is 4.74 Å². The molecular weight excluding hydrogens is 418 g/mol. The summed E-state index contributed by atoms with van der Waals surface area (Å²) in [5, 5.41) is 21.3. The molecule has 0 spiro atoms. The lowest BCUT2D eigenvalue weighted by Gasteiger charge is -2.31. The Kier molecular flexibility index (Phi) is 5.95. The highest BCUT2D eigenvalue weighted by Crippen LogP contribution is 2.45. The van der Waals surface area contributed by atoms with E-state index in [2.05, 4.69) is 20.8 Å². The van der Waals surface area contributed by atoms with Gasteiger partial charge in [-0.05, 0) is 53.6 Å². The number of aliphatic hydroxyl groups excluding tert-OH is 1. The fourth-order valence-corrected chi connectivity index (χ4v) is 4.90. The summed E-state index contributed by atoms with van der Waals surface area (Å²) in [6, 6.07) is 11.2. The number of Topliss-reactive ketones (excluding diaryl/α,β-unsaturated/α-hetero) is 1. The number of likely N-dealkylation sites (tertiary alicyclic amines) is 1. The molecule has 2 N–H and O–H groups in total. The highest BCUT2D eigenvalue weighted by atomic mass is 16.5. The van der Waals surface area contributed by atoms with Gasteiger partial charge in [-0.1, -0.05) is 51.8 Å². The molecule has 1 saturated carbocycles. The maximum atomic E-state index is 13.3. The largest absolute Gasteiger partial charge is 0.508 e. The minimum absolute atomic E-state index is 0.0574. The number of ether oxygens (including phenoxy) is 1. The molecule has 2 aromatic carbocycles. The first kappa shape index (κ1) is 22.9. The molecule has 2 aromatic rings. The summed E-state index contributed by atoms with van der Waals surface area (Å²) in [4.78, 5) is 28.2. The minimum Gasteiger partial charge on any atom is -0.508 e. The first-order chi connectivity index (χ1) is 15.6. The number of benzene rings is 2. The average molecular weight is 450 g/mol. The first-order valence-electron chi connectivity index (χ1n) is 11.4. The number of ketones is 1. The van der Waals surface area contributed by atoms with Gasteiger partial charge in [0.2, 0.25) is 0 Å². The summed E-state index contributed by atoms with van der Waals surface area (Å²) < 4.78 is 5.50. The van der Waals surface area contributed by atoms with E-state index in [4.69, 9.17) is 4.74 Å². The zero-order chi connectivity index (χ0) is 23.9. The fraction of sp³-hybridized carbons (Fsp3) is 0.407. The molecule has 1 heterocycles. The highest BCUT2D eigenvalue weighted by molar-refractivity contribution is 6.46. The molecule has 1 aliphatic carbocycles. The smallest absolute Gasteiger partial charge is 0.295 e. The second-order valence-corrected chi connectivity index (χ2v) is 9.90. The summed E-state index contributed by atoms with van der Waals surface area (Å²) in [7, 11) is 1.51. The van der Waals surface area contributed by atoms with Gasteiger partial charge in [0.15, 0.2) is 0 Å². The van der Waals surface area contributed by atoms with E-state index in [1.54, 1.807) is 23.1 Å². The third-order valence-electron chi connectivity index (χ3n) is 6.73. The van der Waals surface area contributed by atoms with E-state index < -0.39 is 17.7 Å². The van der Waals surface area contributed by atoms with Crippen LogP contribution >= 0.6 is 0 Å². The molecule has 1 unspecified atom stereocenters.